The van der Waals surface area contributed by atoms with Gasteiger partial charge in [-0.1, -0.05) is 6.92 Å². The van der Waals surface area contributed by atoms with E-state index in [0.717, 1.165) is 25.4 Å². The number of likely N-dealkylation sites (N-methyl/N-ethyl adjacent to an activating group) is 1. The minimum Gasteiger partial charge on any atom is -0.480 e. The molecule has 0 aromatic rings. The Balaban J connectivity index is 2.16. The molecule has 0 aromatic heterocycles. The molecule has 1 aliphatic heterocycles. The van der Waals surface area contributed by atoms with E-state index in [9.17, 15) is 4.79 Å². The van der Waals surface area contributed by atoms with Gasteiger partial charge in [0.2, 0.25) is 0 Å². The summed E-state index contributed by atoms with van der Waals surface area (Å²) >= 11 is 0. The van der Waals surface area contributed by atoms with Gasteiger partial charge in [-0.05, 0) is 38.9 Å². The van der Waals surface area contributed by atoms with Crippen molar-refractivity contribution in [1.82, 2.24) is 10.2 Å². The van der Waals surface area contributed by atoms with Crippen LogP contribution in [0.15, 0.2) is 0 Å². The third-order valence-electron chi connectivity index (χ3n) is 2.92. The average Bonchev–Trinajstić information content (AvgIpc) is 2.46. The fourth-order valence-corrected chi connectivity index (χ4v) is 1.95. The van der Waals surface area contributed by atoms with Crippen molar-refractivity contribution in [3.63, 3.8) is 0 Å². The molecule has 0 saturated carbocycles. The Morgan fingerprint density at radius 1 is 1.64 bits per heavy atom. The van der Waals surface area contributed by atoms with Gasteiger partial charge in [0.15, 0.2) is 0 Å². The Bertz CT molecular complexity index is 197. The van der Waals surface area contributed by atoms with Crippen LogP contribution >= 0.6 is 0 Å². The van der Waals surface area contributed by atoms with E-state index < -0.39 is 5.97 Å². The number of hydrogen-bond donors (Lipinski definition) is 2. The number of rotatable bonds is 5. The number of carboxylic acid groups (broad SMARTS) is 1. The molecular weight excluding hydrogens is 180 g/mol. The zero-order valence-corrected chi connectivity index (χ0v) is 8.99. The average molecular weight is 200 g/mol. The van der Waals surface area contributed by atoms with Gasteiger partial charge < -0.3 is 10.4 Å². The maximum absolute atomic E-state index is 10.4. The van der Waals surface area contributed by atoms with Crippen LogP contribution < -0.4 is 5.32 Å². The second kappa shape index (κ2) is 5.32. The molecular formula is C10H20N2O2. The molecule has 2 N–H and O–H groups in total. The van der Waals surface area contributed by atoms with Crippen LogP contribution in [0.5, 0.6) is 0 Å². The number of aliphatic carboxylic acids is 1. The van der Waals surface area contributed by atoms with Crippen molar-refractivity contribution in [3.8, 4) is 0 Å². The van der Waals surface area contributed by atoms with Crippen LogP contribution in [0.3, 0.4) is 0 Å². The number of hydrogen-bond acceptors (Lipinski definition) is 3. The first kappa shape index (κ1) is 11.5. The van der Waals surface area contributed by atoms with Crippen LogP contribution in [-0.2, 0) is 4.79 Å². The molecule has 0 spiro atoms. The van der Waals surface area contributed by atoms with E-state index in [1.807, 2.05) is 11.9 Å². The van der Waals surface area contributed by atoms with E-state index in [1.165, 1.54) is 6.42 Å². The van der Waals surface area contributed by atoms with E-state index in [2.05, 4.69) is 12.2 Å². The van der Waals surface area contributed by atoms with Crippen LogP contribution in [0.4, 0.5) is 0 Å². The van der Waals surface area contributed by atoms with Gasteiger partial charge in [-0.2, -0.15) is 0 Å². The summed E-state index contributed by atoms with van der Waals surface area (Å²) in [7, 11) is 1.85. The molecule has 0 aromatic carbocycles. The van der Waals surface area contributed by atoms with Crippen LogP contribution in [-0.4, -0.2) is 48.7 Å². The van der Waals surface area contributed by atoms with Crippen molar-refractivity contribution in [1.29, 1.82) is 0 Å². The summed E-state index contributed by atoms with van der Waals surface area (Å²) in [4.78, 5) is 12.3. The Hall–Kier alpha value is -0.610. The Morgan fingerprint density at radius 2 is 2.36 bits per heavy atom. The smallest absolute Gasteiger partial charge is 0.317 e. The summed E-state index contributed by atoms with van der Waals surface area (Å²) in [5.74, 6) is -0.0202. The maximum Gasteiger partial charge on any atom is 0.317 e. The van der Waals surface area contributed by atoms with Gasteiger partial charge in [-0.25, -0.2) is 0 Å². The van der Waals surface area contributed by atoms with E-state index in [4.69, 9.17) is 5.11 Å². The molecule has 4 nitrogen and oxygen atoms in total. The van der Waals surface area contributed by atoms with Gasteiger partial charge in [-0.3, -0.25) is 9.69 Å². The van der Waals surface area contributed by atoms with Crippen molar-refractivity contribution >= 4 is 5.97 Å². The van der Waals surface area contributed by atoms with E-state index in [-0.39, 0.29) is 6.54 Å². The Morgan fingerprint density at radius 3 is 2.86 bits per heavy atom. The molecule has 0 bridgehead atoms. The minimum atomic E-state index is -0.750. The monoisotopic (exact) mass is 200 g/mol. The summed E-state index contributed by atoms with van der Waals surface area (Å²) in [5, 5.41) is 12.0. The Labute approximate surface area is 85.3 Å². The van der Waals surface area contributed by atoms with Gasteiger partial charge in [0.05, 0.1) is 6.54 Å². The molecule has 1 saturated heterocycles. The lowest BCUT2D eigenvalue weighted by Gasteiger charge is -2.19. The highest BCUT2D eigenvalue weighted by molar-refractivity contribution is 5.68. The SMILES string of the molecule is CC1CCNC1CCN(C)CC(=O)O. The van der Waals surface area contributed by atoms with Crippen molar-refractivity contribution in [3.05, 3.63) is 0 Å². The molecule has 0 aliphatic carbocycles. The molecule has 2 atom stereocenters. The first-order valence-corrected chi connectivity index (χ1v) is 5.23. The van der Waals surface area contributed by atoms with Crippen molar-refractivity contribution in [2.75, 3.05) is 26.7 Å². The molecule has 4 heteroatoms. The lowest BCUT2D eigenvalue weighted by atomic mass is 10.0. The van der Waals surface area contributed by atoms with Gasteiger partial charge in [0, 0.05) is 6.04 Å². The first-order chi connectivity index (χ1) is 6.59. The highest BCUT2D eigenvalue weighted by Crippen LogP contribution is 2.17. The highest BCUT2D eigenvalue weighted by atomic mass is 16.4. The van der Waals surface area contributed by atoms with E-state index >= 15 is 0 Å². The fraction of sp³-hybridized carbons (Fsp3) is 0.900. The zero-order chi connectivity index (χ0) is 10.6. The number of carbonyl (C=O) groups is 1. The summed E-state index contributed by atoms with van der Waals surface area (Å²) < 4.78 is 0. The van der Waals surface area contributed by atoms with Crippen molar-refractivity contribution in [2.45, 2.75) is 25.8 Å². The summed E-state index contributed by atoms with van der Waals surface area (Å²) in [6.45, 7) is 4.35. The second-order valence-electron chi connectivity index (χ2n) is 4.25. The fourth-order valence-electron chi connectivity index (χ4n) is 1.95. The van der Waals surface area contributed by atoms with Gasteiger partial charge >= 0.3 is 5.97 Å². The highest BCUT2D eigenvalue weighted by Gasteiger charge is 2.22. The third-order valence-corrected chi connectivity index (χ3v) is 2.92. The first-order valence-electron chi connectivity index (χ1n) is 5.23. The lowest BCUT2D eigenvalue weighted by Crippen LogP contribution is -2.33. The molecule has 1 rings (SSSR count). The van der Waals surface area contributed by atoms with Crippen molar-refractivity contribution < 1.29 is 9.90 Å². The molecule has 1 fully saturated rings. The van der Waals surface area contributed by atoms with Crippen LogP contribution in [0.1, 0.15) is 19.8 Å². The van der Waals surface area contributed by atoms with Crippen LogP contribution in [0.25, 0.3) is 0 Å². The van der Waals surface area contributed by atoms with Gasteiger partial charge in [0.25, 0.3) is 0 Å². The predicted molar refractivity (Wildman–Crippen MR) is 55.3 cm³/mol. The third kappa shape index (κ3) is 3.64. The molecule has 0 radical (unpaired) electrons. The molecule has 1 aliphatic rings. The molecule has 82 valence electrons. The van der Waals surface area contributed by atoms with Gasteiger partial charge in [0.1, 0.15) is 0 Å². The standard InChI is InChI=1S/C10H20N2O2/c1-8-3-5-11-9(8)4-6-12(2)7-10(13)14/h8-9,11H,3-7H2,1-2H3,(H,13,14). The number of nitrogens with zero attached hydrogens (tertiary/aromatic N) is 1. The maximum atomic E-state index is 10.4. The van der Waals surface area contributed by atoms with E-state index in [0.29, 0.717) is 6.04 Å². The molecule has 1 heterocycles. The topological polar surface area (TPSA) is 52.6 Å². The zero-order valence-electron chi connectivity index (χ0n) is 8.99. The van der Waals surface area contributed by atoms with E-state index in [1.54, 1.807) is 0 Å². The summed E-state index contributed by atoms with van der Waals surface area (Å²) in [5.41, 5.74) is 0. The van der Waals surface area contributed by atoms with Crippen LogP contribution in [0.2, 0.25) is 0 Å². The van der Waals surface area contributed by atoms with Gasteiger partial charge in [-0.15, -0.1) is 0 Å². The molecule has 2 unspecified atom stereocenters. The predicted octanol–water partition coefficient (Wildman–Crippen LogP) is 0.391. The number of carboxylic acids is 1. The minimum absolute atomic E-state index is 0.140. The largest absolute Gasteiger partial charge is 0.480 e. The molecule has 14 heavy (non-hydrogen) atoms. The second-order valence-corrected chi connectivity index (χ2v) is 4.25. The summed E-state index contributed by atoms with van der Waals surface area (Å²) in [6, 6.07) is 0.575. The quantitative estimate of drug-likeness (QED) is 0.674. The lowest BCUT2D eigenvalue weighted by molar-refractivity contribution is -0.138. The van der Waals surface area contributed by atoms with Crippen LogP contribution in [0, 0.1) is 5.92 Å². The Kier molecular flexibility index (Phi) is 4.35. The molecule has 0 amide bonds. The number of nitrogens with one attached hydrogen (secondary N) is 1. The normalized spacial score (nSPS) is 27.1. The van der Waals surface area contributed by atoms with Crippen molar-refractivity contribution in [2.24, 2.45) is 5.92 Å². The summed E-state index contributed by atoms with van der Waals surface area (Å²) in [6.07, 6.45) is 2.29.